The molecule has 0 bridgehead atoms. The number of aromatic amines is 1. The number of aryl methyl sites for hydroxylation is 2. The highest BCUT2D eigenvalue weighted by molar-refractivity contribution is 5.37. The van der Waals surface area contributed by atoms with Gasteiger partial charge in [0.05, 0.1) is 5.69 Å². The van der Waals surface area contributed by atoms with Crippen molar-refractivity contribution in [2.45, 2.75) is 26.9 Å². The molecule has 1 fully saturated rings. The summed E-state index contributed by atoms with van der Waals surface area (Å²) >= 11 is 0. The van der Waals surface area contributed by atoms with Gasteiger partial charge in [-0.05, 0) is 37.1 Å². The third-order valence-corrected chi connectivity index (χ3v) is 5.32. The highest BCUT2D eigenvalue weighted by Gasteiger charge is 2.17. The molecule has 1 aliphatic rings. The van der Waals surface area contributed by atoms with E-state index in [1.54, 1.807) is 0 Å². The Hall–Kier alpha value is -2.63. The van der Waals surface area contributed by atoms with Crippen LogP contribution >= 0.6 is 0 Å². The number of benzene rings is 2. The van der Waals surface area contributed by atoms with Crippen LogP contribution in [0.15, 0.2) is 54.6 Å². The van der Waals surface area contributed by atoms with Crippen molar-refractivity contribution in [1.82, 2.24) is 20.0 Å². The number of nitrogens with zero attached hydrogens (tertiary/aromatic N) is 3. The SMILES string of the molecule is Cc1n[nH]c(C)c1Oc1ccc(CN2CCN(Cc3ccccc3)CC2)cc1. The number of ether oxygens (including phenoxy) is 1. The molecule has 1 aliphatic heterocycles. The molecule has 0 aliphatic carbocycles. The second-order valence-corrected chi connectivity index (χ2v) is 7.55. The second-order valence-electron chi connectivity index (χ2n) is 7.55. The van der Waals surface area contributed by atoms with Gasteiger partial charge in [-0.25, -0.2) is 0 Å². The minimum Gasteiger partial charge on any atom is -0.454 e. The summed E-state index contributed by atoms with van der Waals surface area (Å²) in [6, 6.07) is 19.2. The zero-order chi connectivity index (χ0) is 19.3. The standard InChI is InChI=1S/C23H28N4O/c1-18-23(19(2)25-24-18)28-22-10-8-21(9-11-22)17-27-14-12-26(13-15-27)16-20-6-4-3-5-7-20/h3-11H,12-17H2,1-2H3,(H,24,25). The molecule has 5 nitrogen and oxygen atoms in total. The maximum Gasteiger partial charge on any atom is 0.170 e. The maximum absolute atomic E-state index is 5.98. The van der Waals surface area contributed by atoms with Gasteiger partial charge in [-0.3, -0.25) is 14.9 Å². The molecule has 0 unspecified atom stereocenters. The van der Waals surface area contributed by atoms with Crippen LogP contribution < -0.4 is 4.74 Å². The van der Waals surface area contributed by atoms with E-state index in [9.17, 15) is 0 Å². The Morgan fingerprint density at radius 2 is 1.39 bits per heavy atom. The summed E-state index contributed by atoms with van der Waals surface area (Å²) in [5.74, 6) is 1.67. The molecule has 5 heteroatoms. The van der Waals surface area contributed by atoms with Gasteiger partial charge in [0.15, 0.2) is 5.75 Å². The van der Waals surface area contributed by atoms with Crippen molar-refractivity contribution >= 4 is 0 Å². The van der Waals surface area contributed by atoms with E-state index in [1.165, 1.54) is 11.1 Å². The first-order chi connectivity index (χ1) is 13.7. The Bertz CT molecular complexity index is 861. The first-order valence-corrected chi connectivity index (χ1v) is 9.94. The van der Waals surface area contributed by atoms with Gasteiger partial charge in [-0.2, -0.15) is 5.10 Å². The Morgan fingerprint density at radius 1 is 0.821 bits per heavy atom. The molecule has 0 radical (unpaired) electrons. The first kappa shape index (κ1) is 18.7. The predicted octanol–water partition coefficient (Wildman–Crippen LogP) is 4.14. The molecule has 1 saturated heterocycles. The number of nitrogens with one attached hydrogen (secondary N) is 1. The second kappa shape index (κ2) is 8.59. The molecule has 1 N–H and O–H groups in total. The van der Waals surface area contributed by atoms with Crippen LogP contribution in [0.3, 0.4) is 0 Å². The van der Waals surface area contributed by atoms with E-state index in [0.717, 1.165) is 62.2 Å². The van der Waals surface area contributed by atoms with Crippen molar-refractivity contribution in [1.29, 1.82) is 0 Å². The summed E-state index contributed by atoms with van der Waals surface area (Å²) in [5, 5.41) is 7.13. The lowest BCUT2D eigenvalue weighted by Crippen LogP contribution is -2.45. The zero-order valence-electron chi connectivity index (χ0n) is 16.7. The van der Waals surface area contributed by atoms with Crippen molar-refractivity contribution in [3.63, 3.8) is 0 Å². The predicted molar refractivity (Wildman–Crippen MR) is 112 cm³/mol. The number of piperazine rings is 1. The van der Waals surface area contributed by atoms with Crippen LogP contribution in [0.25, 0.3) is 0 Å². The minimum absolute atomic E-state index is 0.822. The number of hydrogen-bond donors (Lipinski definition) is 1. The van der Waals surface area contributed by atoms with Gasteiger partial charge in [-0.1, -0.05) is 42.5 Å². The summed E-state index contributed by atoms with van der Waals surface area (Å²) in [7, 11) is 0. The average Bonchev–Trinajstić information content (AvgIpc) is 3.04. The van der Waals surface area contributed by atoms with Crippen molar-refractivity contribution in [2.24, 2.45) is 0 Å². The number of rotatable bonds is 6. The van der Waals surface area contributed by atoms with Crippen molar-refractivity contribution in [2.75, 3.05) is 26.2 Å². The first-order valence-electron chi connectivity index (χ1n) is 9.94. The molecule has 0 spiro atoms. The molecule has 2 heterocycles. The Balaban J connectivity index is 1.27. The van der Waals surface area contributed by atoms with E-state index in [1.807, 2.05) is 26.0 Å². The molecule has 3 aromatic rings. The van der Waals surface area contributed by atoms with E-state index >= 15 is 0 Å². The summed E-state index contributed by atoms with van der Waals surface area (Å²) in [6.07, 6.45) is 0. The van der Waals surface area contributed by atoms with E-state index in [-0.39, 0.29) is 0 Å². The fraction of sp³-hybridized carbons (Fsp3) is 0.348. The smallest absolute Gasteiger partial charge is 0.170 e. The van der Waals surface area contributed by atoms with Crippen LogP contribution in [0.1, 0.15) is 22.5 Å². The molecule has 0 saturated carbocycles. The number of H-pyrrole nitrogens is 1. The lowest BCUT2D eigenvalue weighted by molar-refractivity contribution is 0.122. The highest BCUT2D eigenvalue weighted by Crippen LogP contribution is 2.27. The molecular formula is C23H28N4O. The number of aromatic nitrogens is 2. The zero-order valence-corrected chi connectivity index (χ0v) is 16.7. The van der Waals surface area contributed by atoms with Gasteiger partial charge in [0, 0.05) is 39.3 Å². The fourth-order valence-electron chi connectivity index (χ4n) is 3.68. The molecule has 0 atom stereocenters. The van der Waals surface area contributed by atoms with Gasteiger partial charge >= 0.3 is 0 Å². The third kappa shape index (κ3) is 4.61. The van der Waals surface area contributed by atoms with Gasteiger partial charge in [-0.15, -0.1) is 0 Å². The van der Waals surface area contributed by atoms with Crippen LogP contribution in [0.4, 0.5) is 0 Å². The summed E-state index contributed by atoms with van der Waals surface area (Å²) in [6.45, 7) is 10.4. The molecule has 2 aromatic carbocycles. The fourth-order valence-corrected chi connectivity index (χ4v) is 3.68. The monoisotopic (exact) mass is 376 g/mol. The van der Waals surface area contributed by atoms with Crippen molar-refractivity contribution < 1.29 is 4.74 Å². The average molecular weight is 377 g/mol. The lowest BCUT2D eigenvalue weighted by Gasteiger charge is -2.34. The van der Waals surface area contributed by atoms with Crippen LogP contribution in [-0.4, -0.2) is 46.2 Å². The number of hydrogen-bond acceptors (Lipinski definition) is 4. The lowest BCUT2D eigenvalue weighted by atomic mass is 10.1. The molecule has 0 amide bonds. The van der Waals surface area contributed by atoms with Gasteiger partial charge < -0.3 is 4.74 Å². The normalized spacial score (nSPS) is 15.6. The Morgan fingerprint density at radius 3 is 1.93 bits per heavy atom. The summed E-state index contributed by atoms with van der Waals surface area (Å²) in [5.41, 5.74) is 4.56. The van der Waals surface area contributed by atoms with E-state index in [2.05, 4.69) is 62.5 Å². The van der Waals surface area contributed by atoms with Crippen LogP contribution in [0.2, 0.25) is 0 Å². The maximum atomic E-state index is 5.98. The van der Waals surface area contributed by atoms with Crippen molar-refractivity contribution in [3.8, 4) is 11.5 Å². The van der Waals surface area contributed by atoms with Crippen LogP contribution in [0, 0.1) is 13.8 Å². The molecule has 4 rings (SSSR count). The molecule has 146 valence electrons. The third-order valence-electron chi connectivity index (χ3n) is 5.32. The topological polar surface area (TPSA) is 44.4 Å². The van der Waals surface area contributed by atoms with Crippen LogP contribution in [-0.2, 0) is 13.1 Å². The minimum atomic E-state index is 0.822. The molecular weight excluding hydrogens is 348 g/mol. The Kier molecular flexibility index (Phi) is 5.74. The van der Waals surface area contributed by atoms with E-state index in [0.29, 0.717) is 0 Å². The molecule has 28 heavy (non-hydrogen) atoms. The summed E-state index contributed by atoms with van der Waals surface area (Å²) in [4.78, 5) is 5.07. The van der Waals surface area contributed by atoms with E-state index in [4.69, 9.17) is 4.74 Å². The van der Waals surface area contributed by atoms with Crippen LogP contribution in [0.5, 0.6) is 11.5 Å². The van der Waals surface area contributed by atoms with Gasteiger partial charge in [0.1, 0.15) is 11.4 Å². The quantitative estimate of drug-likeness (QED) is 0.702. The van der Waals surface area contributed by atoms with Gasteiger partial charge in [0.25, 0.3) is 0 Å². The largest absolute Gasteiger partial charge is 0.454 e. The Labute approximate surface area is 166 Å². The summed E-state index contributed by atoms with van der Waals surface area (Å²) < 4.78 is 5.98. The molecule has 1 aromatic heterocycles. The highest BCUT2D eigenvalue weighted by atomic mass is 16.5. The van der Waals surface area contributed by atoms with E-state index < -0.39 is 0 Å². The van der Waals surface area contributed by atoms with Gasteiger partial charge in [0.2, 0.25) is 0 Å². The van der Waals surface area contributed by atoms with Crippen molar-refractivity contribution in [3.05, 3.63) is 77.1 Å².